The summed E-state index contributed by atoms with van der Waals surface area (Å²) in [5.74, 6) is 0.181. The van der Waals surface area contributed by atoms with Gasteiger partial charge in [0.2, 0.25) is 0 Å². The number of fused-ring (bicyclic) bond motifs is 1. The fourth-order valence-corrected chi connectivity index (χ4v) is 3.11. The number of carbonyl (C=O) groups is 2. The Hall–Kier alpha value is -3.34. The molecule has 0 unspecified atom stereocenters. The average molecular weight is 390 g/mol. The quantitative estimate of drug-likeness (QED) is 0.582. The molecule has 0 bridgehead atoms. The van der Waals surface area contributed by atoms with Crippen LogP contribution in [-0.4, -0.2) is 24.5 Å². The second-order valence-electron chi connectivity index (χ2n) is 6.78. The van der Waals surface area contributed by atoms with Crippen molar-refractivity contribution in [3.8, 4) is 5.75 Å². The van der Waals surface area contributed by atoms with E-state index in [1.165, 1.54) is 0 Å². The van der Waals surface area contributed by atoms with E-state index in [0.29, 0.717) is 30.0 Å². The number of anilines is 1. The lowest BCUT2D eigenvalue weighted by molar-refractivity contribution is -0.122. The molecule has 3 aromatic rings. The summed E-state index contributed by atoms with van der Waals surface area (Å²) in [7, 11) is 0. The number of benzene rings is 3. The fourth-order valence-electron chi connectivity index (χ4n) is 3.11. The third-order valence-corrected chi connectivity index (χ3v) is 4.65. The molecule has 0 aromatic heterocycles. The standard InChI is InChI=1S/C24H26N2O3/c1-3-16-25-23(27)19-13-7-8-14-20(19)26-24(28)21(4-2)29-22-15-9-11-17-10-5-6-12-18(17)22/h5-15,21H,3-4,16H2,1-2H3,(H,25,27)(H,26,28)/t21-/m0/s1. The molecule has 2 N–H and O–H groups in total. The molecule has 150 valence electrons. The molecule has 3 aromatic carbocycles. The number of rotatable bonds is 8. The van der Waals surface area contributed by atoms with E-state index in [4.69, 9.17) is 4.74 Å². The largest absolute Gasteiger partial charge is 0.480 e. The SMILES string of the molecule is CCCNC(=O)c1ccccc1NC(=O)[C@H](CC)Oc1cccc2ccccc12. The van der Waals surface area contributed by atoms with Gasteiger partial charge >= 0.3 is 0 Å². The molecule has 0 aliphatic carbocycles. The lowest BCUT2D eigenvalue weighted by atomic mass is 10.1. The van der Waals surface area contributed by atoms with Gasteiger partial charge in [-0.2, -0.15) is 0 Å². The fraction of sp³-hybridized carbons (Fsp3) is 0.250. The highest BCUT2D eigenvalue weighted by Gasteiger charge is 2.21. The first-order chi connectivity index (χ1) is 14.1. The topological polar surface area (TPSA) is 67.4 Å². The van der Waals surface area contributed by atoms with Crippen LogP contribution in [0.4, 0.5) is 5.69 Å². The van der Waals surface area contributed by atoms with Gasteiger partial charge in [0.25, 0.3) is 11.8 Å². The van der Waals surface area contributed by atoms with Gasteiger partial charge in [0.1, 0.15) is 5.75 Å². The first-order valence-electron chi connectivity index (χ1n) is 9.96. The first-order valence-corrected chi connectivity index (χ1v) is 9.96. The lowest BCUT2D eigenvalue weighted by Gasteiger charge is -2.19. The van der Waals surface area contributed by atoms with E-state index in [-0.39, 0.29) is 11.8 Å². The Kier molecular flexibility index (Phi) is 6.85. The van der Waals surface area contributed by atoms with E-state index in [2.05, 4.69) is 10.6 Å². The Morgan fingerprint density at radius 2 is 1.66 bits per heavy atom. The molecule has 29 heavy (non-hydrogen) atoms. The average Bonchev–Trinajstić information content (AvgIpc) is 2.76. The monoisotopic (exact) mass is 390 g/mol. The number of nitrogens with one attached hydrogen (secondary N) is 2. The number of hydrogen-bond acceptors (Lipinski definition) is 3. The lowest BCUT2D eigenvalue weighted by Crippen LogP contribution is -2.33. The van der Waals surface area contributed by atoms with Crippen molar-refractivity contribution in [2.24, 2.45) is 0 Å². The molecule has 0 spiro atoms. The Morgan fingerprint density at radius 1 is 0.931 bits per heavy atom. The van der Waals surface area contributed by atoms with Crippen molar-refractivity contribution in [2.75, 3.05) is 11.9 Å². The molecule has 0 saturated heterocycles. The highest BCUT2D eigenvalue weighted by atomic mass is 16.5. The maximum atomic E-state index is 12.9. The summed E-state index contributed by atoms with van der Waals surface area (Å²) >= 11 is 0. The predicted molar refractivity (Wildman–Crippen MR) is 116 cm³/mol. The van der Waals surface area contributed by atoms with Crippen LogP contribution in [0.1, 0.15) is 37.0 Å². The molecular weight excluding hydrogens is 364 g/mol. The van der Waals surface area contributed by atoms with Crippen LogP contribution in [0.3, 0.4) is 0 Å². The molecule has 0 aliphatic rings. The van der Waals surface area contributed by atoms with Crippen LogP contribution >= 0.6 is 0 Å². The molecular formula is C24H26N2O3. The number of amides is 2. The van der Waals surface area contributed by atoms with Crippen molar-refractivity contribution in [1.29, 1.82) is 0 Å². The molecule has 2 amide bonds. The van der Waals surface area contributed by atoms with E-state index in [1.54, 1.807) is 24.3 Å². The third kappa shape index (κ3) is 4.93. The van der Waals surface area contributed by atoms with Gasteiger partial charge in [-0.15, -0.1) is 0 Å². The molecule has 0 fully saturated rings. The molecule has 0 aliphatic heterocycles. The van der Waals surface area contributed by atoms with Crippen LogP contribution < -0.4 is 15.4 Å². The highest BCUT2D eigenvalue weighted by Crippen LogP contribution is 2.27. The first kappa shape index (κ1) is 20.4. The van der Waals surface area contributed by atoms with Crippen molar-refractivity contribution >= 4 is 28.3 Å². The maximum absolute atomic E-state index is 12.9. The van der Waals surface area contributed by atoms with Crippen LogP contribution in [0.5, 0.6) is 5.75 Å². The number of carbonyl (C=O) groups excluding carboxylic acids is 2. The molecule has 0 radical (unpaired) electrons. The van der Waals surface area contributed by atoms with E-state index in [9.17, 15) is 9.59 Å². The second-order valence-corrected chi connectivity index (χ2v) is 6.78. The van der Waals surface area contributed by atoms with Crippen LogP contribution in [0.15, 0.2) is 66.7 Å². The summed E-state index contributed by atoms with van der Waals surface area (Å²) in [6, 6.07) is 20.7. The highest BCUT2D eigenvalue weighted by molar-refractivity contribution is 6.04. The second kappa shape index (κ2) is 9.73. The van der Waals surface area contributed by atoms with Crippen molar-refractivity contribution < 1.29 is 14.3 Å². The smallest absolute Gasteiger partial charge is 0.265 e. The van der Waals surface area contributed by atoms with Crippen molar-refractivity contribution in [3.63, 3.8) is 0 Å². The van der Waals surface area contributed by atoms with Gasteiger partial charge in [0.15, 0.2) is 6.10 Å². The number of ether oxygens (including phenoxy) is 1. The van der Waals surface area contributed by atoms with Crippen molar-refractivity contribution in [1.82, 2.24) is 5.32 Å². The summed E-state index contributed by atoms with van der Waals surface area (Å²) in [4.78, 5) is 25.3. The summed E-state index contributed by atoms with van der Waals surface area (Å²) in [6.07, 6.45) is 0.670. The summed E-state index contributed by atoms with van der Waals surface area (Å²) in [6.45, 7) is 4.47. The minimum atomic E-state index is -0.674. The molecule has 5 heteroatoms. The van der Waals surface area contributed by atoms with E-state index in [0.717, 1.165) is 17.2 Å². The maximum Gasteiger partial charge on any atom is 0.265 e. The van der Waals surface area contributed by atoms with Crippen LogP contribution in [0.25, 0.3) is 10.8 Å². The Bertz CT molecular complexity index is 995. The molecule has 5 nitrogen and oxygen atoms in total. The minimum absolute atomic E-state index is 0.203. The Labute approximate surface area is 171 Å². The molecule has 1 atom stereocenters. The van der Waals surface area contributed by atoms with E-state index >= 15 is 0 Å². The zero-order valence-electron chi connectivity index (χ0n) is 16.8. The molecule has 0 saturated carbocycles. The Morgan fingerprint density at radius 3 is 2.45 bits per heavy atom. The normalized spacial score (nSPS) is 11.7. The minimum Gasteiger partial charge on any atom is -0.480 e. The van der Waals surface area contributed by atoms with Crippen LogP contribution in [0.2, 0.25) is 0 Å². The van der Waals surface area contributed by atoms with E-state index in [1.807, 2.05) is 56.3 Å². The molecule has 3 rings (SSSR count). The summed E-state index contributed by atoms with van der Waals surface area (Å²) in [5, 5.41) is 7.72. The van der Waals surface area contributed by atoms with Crippen LogP contribution in [0, 0.1) is 0 Å². The van der Waals surface area contributed by atoms with Crippen LogP contribution in [-0.2, 0) is 4.79 Å². The van der Waals surface area contributed by atoms with Gasteiger partial charge in [-0.1, -0.05) is 62.4 Å². The third-order valence-electron chi connectivity index (χ3n) is 4.65. The van der Waals surface area contributed by atoms with Gasteiger partial charge < -0.3 is 15.4 Å². The van der Waals surface area contributed by atoms with Gasteiger partial charge in [-0.25, -0.2) is 0 Å². The predicted octanol–water partition coefficient (Wildman–Crippen LogP) is 4.78. The zero-order valence-corrected chi connectivity index (χ0v) is 16.8. The summed E-state index contributed by atoms with van der Waals surface area (Å²) in [5.41, 5.74) is 0.917. The number of hydrogen-bond donors (Lipinski definition) is 2. The van der Waals surface area contributed by atoms with Crippen molar-refractivity contribution in [2.45, 2.75) is 32.8 Å². The summed E-state index contributed by atoms with van der Waals surface area (Å²) < 4.78 is 6.06. The van der Waals surface area contributed by atoms with Crippen molar-refractivity contribution in [3.05, 3.63) is 72.3 Å². The Balaban J connectivity index is 1.78. The number of para-hydroxylation sites is 1. The van der Waals surface area contributed by atoms with Gasteiger partial charge in [-0.05, 0) is 36.4 Å². The zero-order chi connectivity index (χ0) is 20.6. The molecule has 0 heterocycles. The van der Waals surface area contributed by atoms with E-state index < -0.39 is 6.10 Å². The van der Waals surface area contributed by atoms with Gasteiger partial charge in [0, 0.05) is 11.9 Å². The van der Waals surface area contributed by atoms with Gasteiger partial charge in [-0.3, -0.25) is 9.59 Å². The van der Waals surface area contributed by atoms with Gasteiger partial charge in [0.05, 0.1) is 11.3 Å².